The number of hydrogen-bond donors (Lipinski definition) is 0. The zero-order valence-electron chi connectivity index (χ0n) is 12.4. The van der Waals surface area contributed by atoms with E-state index in [0.717, 1.165) is 4.90 Å². The highest BCUT2D eigenvalue weighted by Gasteiger charge is 2.40. The minimum Gasteiger partial charge on any atom is -0.334 e. The summed E-state index contributed by atoms with van der Waals surface area (Å²) in [6, 6.07) is 6.66. The van der Waals surface area contributed by atoms with Gasteiger partial charge in [0.1, 0.15) is 6.54 Å². The molecule has 0 aliphatic carbocycles. The van der Waals surface area contributed by atoms with E-state index in [4.69, 9.17) is 11.6 Å². The van der Waals surface area contributed by atoms with Gasteiger partial charge < -0.3 is 9.80 Å². The van der Waals surface area contributed by atoms with E-state index in [0.29, 0.717) is 10.7 Å². The first-order valence-electron chi connectivity index (χ1n) is 7.13. The van der Waals surface area contributed by atoms with Crippen molar-refractivity contribution < 1.29 is 22.8 Å². The quantitative estimate of drug-likeness (QED) is 0.839. The molecule has 0 N–H and O–H groups in total. The van der Waals surface area contributed by atoms with Gasteiger partial charge in [-0.15, -0.1) is 0 Å². The lowest BCUT2D eigenvalue weighted by Gasteiger charge is -2.25. The molecule has 1 atom stereocenters. The van der Waals surface area contributed by atoms with Crippen molar-refractivity contribution in [1.29, 1.82) is 0 Å². The van der Waals surface area contributed by atoms with Crippen LogP contribution in [0.25, 0.3) is 0 Å². The summed E-state index contributed by atoms with van der Waals surface area (Å²) in [7, 11) is 0. The van der Waals surface area contributed by atoms with Crippen LogP contribution in [0.1, 0.15) is 13.3 Å². The molecule has 1 aliphatic rings. The van der Waals surface area contributed by atoms with Crippen LogP contribution >= 0.6 is 11.6 Å². The van der Waals surface area contributed by atoms with Gasteiger partial charge in [0.25, 0.3) is 0 Å². The van der Waals surface area contributed by atoms with E-state index in [1.165, 1.54) is 11.8 Å². The molecule has 126 valence electrons. The molecule has 4 nitrogen and oxygen atoms in total. The van der Waals surface area contributed by atoms with Crippen LogP contribution in [-0.2, 0) is 9.59 Å². The molecule has 2 rings (SSSR count). The molecular formula is C15H16ClF3N2O2. The van der Waals surface area contributed by atoms with Crippen molar-refractivity contribution in [3.63, 3.8) is 0 Å². The fourth-order valence-electron chi connectivity index (χ4n) is 2.60. The van der Waals surface area contributed by atoms with Gasteiger partial charge in [-0.2, -0.15) is 13.2 Å². The molecule has 8 heteroatoms. The number of benzene rings is 1. The summed E-state index contributed by atoms with van der Waals surface area (Å²) in [5, 5.41) is 0.358. The molecule has 1 unspecified atom stereocenters. The predicted octanol–water partition coefficient (Wildman–Crippen LogP) is 3.10. The van der Waals surface area contributed by atoms with Gasteiger partial charge >= 0.3 is 6.18 Å². The Labute approximate surface area is 136 Å². The van der Waals surface area contributed by atoms with E-state index in [1.807, 2.05) is 0 Å². The number of nitrogens with zero attached hydrogens (tertiary/aromatic N) is 2. The maximum Gasteiger partial charge on any atom is 0.406 e. The molecule has 0 spiro atoms. The average Bonchev–Trinajstić information content (AvgIpc) is 2.85. The largest absolute Gasteiger partial charge is 0.406 e. The number of halogens is 4. The minimum atomic E-state index is -4.46. The Kier molecular flexibility index (Phi) is 5.19. The monoisotopic (exact) mass is 348 g/mol. The normalized spacial score (nSPS) is 18.4. The van der Waals surface area contributed by atoms with Gasteiger partial charge in [-0.1, -0.05) is 23.7 Å². The highest BCUT2D eigenvalue weighted by Crippen LogP contribution is 2.32. The molecule has 0 aromatic heterocycles. The topological polar surface area (TPSA) is 40.6 Å². The van der Waals surface area contributed by atoms with Crippen molar-refractivity contribution in [3.05, 3.63) is 29.3 Å². The molecular weight excluding hydrogens is 333 g/mol. The summed E-state index contributed by atoms with van der Waals surface area (Å²) in [6.07, 6.45) is -4.57. The number of amides is 2. The van der Waals surface area contributed by atoms with Crippen LogP contribution in [0.4, 0.5) is 18.9 Å². The second-order valence-corrected chi connectivity index (χ2v) is 5.73. The van der Waals surface area contributed by atoms with Gasteiger partial charge in [-0.05, 0) is 19.1 Å². The van der Waals surface area contributed by atoms with E-state index in [1.54, 1.807) is 24.3 Å². The van der Waals surface area contributed by atoms with Crippen LogP contribution < -0.4 is 4.90 Å². The van der Waals surface area contributed by atoms with Gasteiger partial charge in [0, 0.05) is 19.5 Å². The molecule has 0 bridgehead atoms. The number of carbonyl (C=O) groups excluding carboxylic acids is 2. The number of anilines is 1. The third-order valence-electron chi connectivity index (χ3n) is 3.68. The zero-order chi connectivity index (χ0) is 17.2. The number of alkyl halides is 3. The Balaban J connectivity index is 2.13. The summed E-state index contributed by atoms with van der Waals surface area (Å²) < 4.78 is 37.6. The van der Waals surface area contributed by atoms with Crippen LogP contribution in [0, 0.1) is 5.92 Å². The standard InChI is InChI=1S/C15H16ClF3N2O2/c1-2-20(9-15(17,18)19)14(23)10-7-13(22)21(8-10)12-6-4-3-5-11(12)16/h3-6,10H,2,7-9H2,1H3. The highest BCUT2D eigenvalue weighted by atomic mass is 35.5. The lowest BCUT2D eigenvalue weighted by Crippen LogP contribution is -2.42. The van der Waals surface area contributed by atoms with Crippen molar-refractivity contribution in [3.8, 4) is 0 Å². The van der Waals surface area contributed by atoms with Gasteiger partial charge in [0.15, 0.2) is 0 Å². The highest BCUT2D eigenvalue weighted by molar-refractivity contribution is 6.33. The molecule has 1 aromatic carbocycles. The third-order valence-corrected chi connectivity index (χ3v) is 4.00. The second kappa shape index (κ2) is 6.78. The smallest absolute Gasteiger partial charge is 0.334 e. The number of hydrogen-bond acceptors (Lipinski definition) is 2. The minimum absolute atomic E-state index is 0.0375. The van der Waals surface area contributed by atoms with E-state index < -0.39 is 24.5 Å². The van der Waals surface area contributed by atoms with E-state index in [2.05, 4.69) is 0 Å². The van der Waals surface area contributed by atoms with Crippen molar-refractivity contribution in [2.45, 2.75) is 19.5 Å². The van der Waals surface area contributed by atoms with Gasteiger partial charge in [0.2, 0.25) is 11.8 Å². The van der Waals surface area contributed by atoms with Crippen molar-refractivity contribution >= 4 is 29.1 Å². The first-order valence-corrected chi connectivity index (χ1v) is 7.51. The third kappa shape index (κ3) is 4.16. The van der Waals surface area contributed by atoms with Crippen molar-refractivity contribution in [2.24, 2.45) is 5.92 Å². The van der Waals surface area contributed by atoms with Crippen LogP contribution in [0.2, 0.25) is 5.02 Å². The fraction of sp³-hybridized carbons (Fsp3) is 0.467. The Morgan fingerprint density at radius 1 is 1.39 bits per heavy atom. The van der Waals surface area contributed by atoms with Gasteiger partial charge in [-0.25, -0.2) is 0 Å². The molecule has 2 amide bonds. The summed E-state index contributed by atoms with van der Waals surface area (Å²) >= 11 is 6.04. The fourth-order valence-corrected chi connectivity index (χ4v) is 2.83. The van der Waals surface area contributed by atoms with Crippen LogP contribution in [0.3, 0.4) is 0 Å². The second-order valence-electron chi connectivity index (χ2n) is 5.32. The number of rotatable bonds is 4. The van der Waals surface area contributed by atoms with Crippen LogP contribution in [-0.4, -0.2) is 42.5 Å². The average molecular weight is 349 g/mol. The summed E-state index contributed by atoms with van der Waals surface area (Å²) in [6.45, 7) is 0.149. The number of para-hydroxylation sites is 1. The molecule has 1 heterocycles. The van der Waals surface area contributed by atoms with Crippen molar-refractivity contribution in [2.75, 3.05) is 24.5 Å². The van der Waals surface area contributed by atoms with Crippen LogP contribution in [0.15, 0.2) is 24.3 Å². The van der Waals surface area contributed by atoms with E-state index in [9.17, 15) is 22.8 Å². The Bertz CT molecular complexity index is 607. The SMILES string of the molecule is CCN(CC(F)(F)F)C(=O)C1CC(=O)N(c2ccccc2Cl)C1. The lowest BCUT2D eigenvalue weighted by atomic mass is 10.1. The Morgan fingerprint density at radius 2 is 2.04 bits per heavy atom. The number of carbonyl (C=O) groups is 2. The summed E-state index contributed by atoms with van der Waals surface area (Å²) in [4.78, 5) is 26.5. The zero-order valence-corrected chi connectivity index (χ0v) is 13.2. The molecule has 1 aliphatic heterocycles. The molecule has 1 saturated heterocycles. The van der Waals surface area contributed by atoms with Gasteiger partial charge in [-0.3, -0.25) is 9.59 Å². The molecule has 0 saturated carbocycles. The lowest BCUT2D eigenvalue weighted by molar-refractivity contribution is -0.163. The molecule has 1 fully saturated rings. The molecule has 0 radical (unpaired) electrons. The molecule has 1 aromatic rings. The maximum absolute atomic E-state index is 12.5. The maximum atomic E-state index is 12.5. The van der Waals surface area contributed by atoms with Gasteiger partial charge in [0.05, 0.1) is 16.6 Å². The summed E-state index contributed by atoms with van der Waals surface area (Å²) in [5.74, 6) is -1.77. The molecule has 23 heavy (non-hydrogen) atoms. The Morgan fingerprint density at radius 3 is 2.61 bits per heavy atom. The Hall–Kier alpha value is -1.76. The van der Waals surface area contributed by atoms with E-state index in [-0.39, 0.29) is 25.4 Å². The first kappa shape index (κ1) is 17.6. The summed E-state index contributed by atoms with van der Waals surface area (Å²) in [5.41, 5.74) is 0.466. The predicted molar refractivity (Wildman–Crippen MR) is 80.2 cm³/mol. The van der Waals surface area contributed by atoms with Crippen molar-refractivity contribution in [1.82, 2.24) is 4.90 Å². The van der Waals surface area contributed by atoms with E-state index >= 15 is 0 Å². The van der Waals surface area contributed by atoms with Crippen LogP contribution in [0.5, 0.6) is 0 Å². The first-order chi connectivity index (χ1) is 10.7.